The van der Waals surface area contributed by atoms with E-state index in [-0.39, 0.29) is 5.41 Å². The number of carbonyl (C=O) groups excluding carboxylic acids is 2. The third kappa shape index (κ3) is 5.12. The number of hydrogen-bond donors (Lipinski definition) is 1. The molecule has 1 atom stereocenters. The van der Waals surface area contributed by atoms with Gasteiger partial charge in [0.1, 0.15) is 5.82 Å². The minimum Gasteiger partial charge on any atom is -0.452 e. The Morgan fingerprint density at radius 2 is 1.81 bits per heavy atom. The molecule has 2 aromatic heterocycles. The smallest absolute Gasteiger partial charge is 0.339 e. The minimum atomic E-state index is -0.494. The van der Waals surface area contributed by atoms with Gasteiger partial charge in [-0.05, 0) is 48.9 Å². The van der Waals surface area contributed by atoms with Gasteiger partial charge in [0.15, 0.2) is 6.61 Å². The lowest BCUT2D eigenvalue weighted by Crippen LogP contribution is -2.24. The van der Waals surface area contributed by atoms with Crippen LogP contribution in [0.5, 0.6) is 0 Å². The Labute approximate surface area is 216 Å². The molecule has 7 heteroatoms. The summed E-state index contributed by atoms with van der Waals surface area (Å²) in [7, 11) is 0. The van der Waals surface area contributed by atoms with Crippen molar-refractivity contribution in [2.75, 3.05) is 11.9 Å². The van der Waals surface area contributed by atoms with E-state index in [2.05, 4.69) is 33.0 Å². The molecule has 7 nitrogen and oxygen atoms in total. The first-order valence-corrected chi connectivity index (χ1v) is 12.7. The molecule has 2 heterocycles. The first-order chi connectivity index (χ1) is 17.7. The molecule has 5 rings (SSSR count). The molecule has 0 fully saturated rings. The van der Waals surface area contributed by atoms with Crippen molar-refractivity contribution >= 4 is 28.6 Å². The van der Waals surface area contributed by atoms with E-state index in [1.54, 1.807) is 4.68 Å². The highest BCUT2D eigenvalue weighted by atomic mass is 16.5. The number of aryl methyl sites for hydroxylation is 1. The van der Waals surface area contributed by atoms with E-state index in [4.69, 9.17) is 14.8 Å². The normalized spacial score (nSPS) is 15.3. The highest BCUT2D eigenvalue weighted by Gasteiger charge is 2.27. The molecule has 0 spiro atoms. The van der Waals surface area contributed by atoms with E-state index in [1.807, 2.05) is 60.7 Å². The van der Waals surface area contributed by atoms with Gasteiger partial charge in [0.05, 0.1) is 22.5 Å². The number of carbonyl (C=O) groups is 2. The zero-order valence-electron chi connectivity index (χ0n) is 21.7. The van der Waals surface area contributed by atoms with Crippen LogP contribution in [0.2, 0.25) is 0 Å². The molecule has 1 aliphatic rings. The summed E-state index contributed by atoms with van der Waals surface area (Å²) in [4.78, 5) is 31.1. The van der Waals surface area contributed by atoms with Crippen molar-refractivity contribution in [2.24, 2.45) is 5.92 Å². The Morgan fingerprint density at radius 1 is 1.08 bits per heavy atom. The predicted octanol–water partition coefficient (Wildman–Crippen LogP) is 5.64. The molecule has 2 aromatic carbocycles. The molecule has 37 heavy (non-hydrogen) atoms. The fourth-order valence-corrected chi connectivity index (χ4v) is 4.78. The van der Waals surface area contributed by atoms with E-state index in [9.17, 15) is 9.59 Å². The molecule has 0 bridgehead atoms. The molecule has 4 aromatic rings. The SMILES string of the molecule is C[C@@H]1CCc2nc3ccccc3c(C(=O)OCC(=O)Nc3cc(C(C)(C)C)nn3-c3ccccc3)c2C1. The topological polar surface area (TPSA) is 86.1 Å². The molecule has 0 unspecified atom stereocenters. The molecule has 0 aliphatic heterocycles. The van der Waals surface area contributed by atoms with Gasteiger partial charge in [-0.1, -0.05) is 64.1 Å². The zero-order valence-corrected chi connectivity index (χ0v) is 21.7. The summed E-state index contributed by atoms with van der Waals surface area (Å²) < 4.78 is 7.29. The molecule has 1 amide bonds. The third-order valence-electron chi connectivity index (χ3n) is 6.79. The second kappa shape index (κ2) is 9.81. The summed E-state index contributed by atoms with van der Waals surface area (Å²) in [5, 5.41) is 8.37. The largest absolute Gasteiger partial charge is 0.452 e. The standard InChI is InChI=1S/C30H32N4O3/c1-19-14-15-24-22(16-19)28(21-12-8-9-13-23(21)31-24)29(36)37-18-27(35)32-26-17-25(30(2,3)4)33-34(26)20-10-6-5-7-11-20/h5-13,17,19H,14-16,18H2,1-4H3,(H,32,35)/t19-/m1/s1. The monoisotopic (exact) mass is 496 g/mol. The van der Waals surface area contributed by atoms with E-state index in [1.165, 1.54) is 0 Å². The van der Waals surface area contributed by atoms with E-state index < -0.39 is 18.5 Å². The van der Waals surface area contributed by atoms with Gasteiger partial charge >= 0.3 is 5.97 Å². The number of fused-ring (bicyclic) bond motifs is 2. The zero-order chi connectivity index (χ0) is 26.2. The maximum absolute atomic E-state index is 13.4. The summed E-state index contributed by atoms with van der Waals surface area (Å²) in [5.74, 6) is 0.0656. The Hall–Kier alpha value is -4.00. The lowest BCUT2D eigenvalue weighted by atomic mass is 9.84. The van der Waals surface area contributed by atoms with Gasteiger partial charge in [-0.3, -0.25) is 9.78 Å². The fourth-order valence-electron chi connectivity index (χ4n) is 4.78. The quantitative estimate of drug-likeness (QED) is 0.362. The minimum absolute atomic E-state index is 0.204. The molecule has 1 N–H and O–H groups in total. The van der Waals surface area contributed by atoms with Crippen molar-refractivity contribution in [3.8, 4) is 5.69 Å². The Kier molecular flexibility index (Phi) is 6.54. The van der Waals surface area contributed by atoms with Gasteiger partial charge in [-0.15, -0.1) is 0 Å². The summed E-state index contributed by atoms with van der Waals surface area (Å²) >= 11 is 0. The van der Waals surface area contributed by atoms with Crippen LogP contribution >= 0.6 is 0 Å². The van der Waals surface area contributed by atoms with Crippen molar-refractivity contribution in [3.05, 3.63) is 83.2 Å². The fraction of sp³-hybridized carbons (Fsp3) is 0.333. The number of para-hydroxylation sites is 2. The maximum Gasteiger partial charge on any atom is 0.339 e. The van der Waals surface area contributed by atoms with Crippen LogP contribution in [-0.2, 0) is 27.8 Å². The summed E-state index contributed by atoms with van der Waals surface area (Å²) in [6.07, 6.45) is 2.65. The van der Waals surface area contributed by atoms with Crippen LogP contribution in [0.4, 0.5) is 5.82 Å². The summed E-state index contributed by atoms with van der Waals surface area (Å²) in [5.41, 5.74) is 4.67. The van der Waals surface area contributed by atoms with Crippen molar-refractivity contribution < 1.29 is 14.3 Å². The van der Waals surface area contributed by atoms with Crippen LogP contribution in [-0.4, -0.2) is 33.2 Å². The number of rotatable bonds is 5. The second-order valence-electron chi connectivity index (χ2n) is 10.8. The van der Waals surface area contributed by atoms with Gasteiger partial charge in [0.2, 0.25) is 0 Å². The second-order valence-corrected chi connectivity index (χ2v) is 10.8. The van der Waals surface area contributed by atoms with Crippen molar-refractivity contribution in [3.63, 3.8) is 0 Å². The highest BCUT2D eigenvalue weighted by molar-refractivity contribution is 6.06. The number of nitrogens with one attached hydrogen (secondary N) is 1. The van der Waals surface area contributed by atoms with Gasteiger partial charge < -0.3 is 10.1 Å². The third-order valence-corrected chi connectivity index (χ3v) is 6.79. The van der Waals surface area contributed by atoms with Crippen LogP contribution in [0, 0.1) is 5.92 Å². The number of amides is 1. The number of esters is 1. The van der Waals surface area contributed by atoms with E-state index in [0.29, 0.717) is 17.3 Å². The van der Waals surface area contributed by atoms with Gasteiger partial charge in [-0.2, -0.15) is 5.10 Å². The van der Waals surface area contributed by atoms with Crippen molar-refractivity contribution in [1.29, 1.82) is 0 Å². The maximum atomic E-state index is 13.4. The average Bonchev–Trinajstić information content (AvgIpc) is 3.31. The van der Waals surface area contributed by atoms with E-state index >= 15 is 0 Å². The number of nitrogens with zero attached hydrogens (tertiary/aromatic N) is 3. The molecule has 0 saturated heterocycles. The van der Waals surface area contributed by atoms with Gasteiger partial charge in [0, 0.05) is 22.6 Å². The number of pyridine rings is 1. The lowest BCUT2D eigenvalue weighted by Gasteiger charge is -2.24. The molecular weight excluding hydrogens is 464 g/mol. The van der Waals surface area contributed by atoms with Crippen LogP contribution in [0.25, 0.3) is 16.6 Å². The average molecular weight is 497 g/mol. The number of ether oxygens (including phenoxy) is 1. The van der Waals surface area contributed by atoms with Gasteiger partial charge in [0.25, 0.3) is 5.91 Å². The van der Waals surface area contributed by atoms with Crippen molar-refractivity contribution in [1.82, 2.24) is 14.8 Å². The number of anilines is 1. The molecule has 0 saturated carbocycles. The van der Waals surface area contributed by atoms with Crippen molar-refractivity contribution in [2.45, 2.75) is 52.4 Å². The van der Waals surface area contributed by atoms with Gasteiger partial charge in [-0.25, -0.2) is 9.48 Å². The molecule has 190 valence electrons. The lowest BCUT2D eigenvalue weighted by molar-refractivity contribution is -0.119. The summed E-state index contributed by atoms with van der Waals surface area (Å²) in [6, 6.07) is 19.1. The van der Waals surface area contributed by atoms with E-state index in [0.717, 1.165) is 52.8 Å². The molecule has 1 aliphatic carbocycles. The van der Waals surface area contributed by atoms with Crippen LogP contribution in [0.1, 0.15) is 61.4 Å². The van der Waals surface area contributed by atoms with Crippen LogP contribution in [0.3, 0.4) is 0 Å². The Morgan fingerprint density at radius 3 is 2.57 bits per heavy atom. The van der Waals surface area contributed by atoms with Crippen LogP contribution < -0.4 is 5.32 Å². The predicted molar refractivity (Wildman–Crippen MR) is 144 cm³/mol. The first-order valence-electron chi connectivity index (χ1n) is 12.7. The molecule has 0 radical (unpaired) electrons. The number of aromatic nitrogens is 3. The summed E-state index contributed by atoms with van der Waals surface area (Å²) in [6.45, 7) is 7.99. The Bertz CT molecular complexity index is 1470. The Balaban J connectivity index is 1.38. The number of hydrogen-bond acceptors (Lipinski definition) is 5. The van der Waals surface area contributed by atoms with Crippen LogP contribution in [0.15, 0.2) is 60.7 Å². The molecular formula is C30H32N4O3. The first kappa shape index (κ1) is 24.7. The highest BCUT2D eigenvalue weighted by Crippen LogP contribution is 2.32. The number of benzene rings is 2.